The highest BCUT2D eigenvalue weighted by Gasteiger charge is 2.40. The molecule has 0 bridgehead atoms. The van der Waals surface area contributed by atoms with Crippen molar-refractivity contribution in [3.63, 3.8) is 0 Å². The molecular weight excluding hydrogens is 280 g/mol. The fourth-order valence-electron chi connectivity index (χ4n) is 2.73. The second-order valence-corrected chi connectivity index (χ2v) is 6.32. The molecule has 5 nitrogen and oxygen atoms in total. The highest BCUT2D eigenvalue weighted by atomic mass is 16.3. The lowest BCUT2D eigenvalue weighted by atomic mass is 9.83. The number of aliphatic hydroxyl groups excluding tert-OH is 1. The SMILES string of the molecule is C=CC(=O)Nc1ccc(C(=O)N2CC(CO)C(C)(C)C2)cc1. The Labute approximate surface area is 130 Å². The van der Waals surface area contributed by atoms with Gasteiger partial charge in [-0.15, -0.1) is 0 Å². The summed E-state index contributed by atoms with van der Waals surface area (Å²) in [5, 5.41) is 12.1. The number of carbonyl (C=O) groups excluding carboxylic acids is 2. The number of nitrogens with zero attached hydrogens (tertiary/aromatic N) is 1. The number of likely N-dealkylation sites (tertiary alicyclic amines) is 1. The van der Waals surface area contributed by atoms with Crippen molar-refractivity contribution >= 4 is 17.5 Å². The minimum atomic E-state index is -0.286. The Kier molecular flexibility index (Phi) is 4.66. The third kappa shape index (κ3) is 3.36. The topological polar surface area (TPSA) is 69.6 Å². The van der Waals surface area contributed by atoms with Crippen molar-refractivity contribution in [3.8, 4) is 0 Å². The first kappa shape index (κ1) is 16.2. The van der Waals surface area contributed by atoms with Crippen molar-refractivity contribution in [2.75, 3.05) is 25.0 Å². The molecule has 0 spiro atoms. The highest BCUT2D eigenvalue weighted by molar-refractivity contribution is 5.99. The normalized spacial score (nSPS) is 19.8. The smallest absolute Gasteiger partial charge is 0.253 e. The summed E-state index contributed by atoms with van der Waals surface area (Å²) >= 11 is 0. The molecule has 2 rings (SSSR count). The van der Waals surface area contributed by atoms with Crippen molar-refractivity contribution in [1.82, 2.24) is 4.90 Å². The lowest BCUT2D eigenvalue weighted by Crippen LogP contribution is -2.30. The van der Waals surface area contributed by atoms with Gasteiger partial charge in [0.05, 0.1) is 0 Å². The van der Waals surface area contributed by atoms with Gasteiger partial charge in [-0.1, -0.05) is 20.4 Å². The molecule has 2 N–H and O–H groups in total. The van der Waals surface area contributed by atoms with Crippen molar-refractivity contribution in [2.45, 2.75) is 13.8 Å². The third-order valence-electron chi connectivity index (χ3n) is 4.24. The van der Waals surface area contributed by atoms with Gasteiger partial charge in [-0.05, 0) is 35.8 Å². The number of rotatable bonds is 4. The molecule has 0 saturated carbocycles. The quantitative estimate of drug-likeness (QED) is 0.835. The fraction of sp³-hybridized carbons (Fsp3) is 0.412. The Morgan fingerprint density at radius 1 is 1.41 bits per heavy atom. The van der Waals surface area contributed by atoms with Crippen LogP contribution in [0.15, 0.2) is 36.9 Å². The van der Waals surface area contributed by atoms with Gasteiger partial charge < -0.3 is 15.3 Å². The summed E-state index contributed by atoms with van der Waals surface area (Å²) in [6, 6.07) is 6.78. The van der Waals surface area contributed by atoms with Gasteiger partial charge in [-0.25, -0.2) is 0 Å². The van der Waals surface area contributed by atoms with Crippen LogP contribution in [0.1, 0.15) is 24.2 Å². The highest BCUT2D eigenvalue weighted by Crippen LogP contribution is 2.35. The fourth-order valence-corrected chi connectivity index (χ4v) is 2.73. The van der Waals surface area contributed by atoms with Crippen LogP contribution in [-0.4, -0.2) is 41.5 Å². The van der Waals surface area contributed by atoms with Crippen LogP contribution in [-0.2, 0) is 4.79 Å². The molecule has 5 heteroatoms. The lowest BCUT2D eigenvalue weighted by molar-refractivity contribution is -0.111. The number of aliphatic hydroxyl groups is 1. The van der Waals surface area contributed by atoms with E-state index in [9.17, 15) is 14.7 Å². The average Bonchev–Trinajstić information content (AvgIpc) is 2.81. The minimum absolute atomic E-state index is 0.0503. The Balaban J connectivity index is 2.07. The van der Waals surface area contributed by atoms with E-state index in [1.54, 1.807) is 29.2 Å². The summed E-state index contributed by atoms with van der Waals surface area (Å²) in [6.07, 6.45) is 1.19. The van der Waals surface area contributed by atoms with E-state index < -0.39 is 0 Å². The first-order valence-electron chi connectivity index (χ1n) is 7.31. The Hall–Kier alpha value is -2.14. The van der Waals surface area contributed by atoms with E-state index in [1.807, 2.05) is 0 Å². The maximum Gasteiger partial charge on any atom is 0.253 e. The van der Waals surface area contributed by atoms with Gasteiger partial charge in [0.2, 0.25) is 5.91 Å². The standard InChI is InChI=1S/C17H22N2O3/c1-4-15(21)18-14-7-5-12(6-8-14)16(22)19-9-13(10-20)17(2,3)11-19/h4-8,13,20H,1,9-11H2,2-3H3,(H,18,21). The lowest BCUT2D eigenvalue weighted by Gasteiger charge is -2.23. The summed E-state index contributed by atoms with van der Waals surface area (Å²) in [5.41, 5.74) is 1.12. The average molecular weight is 302 g/mol. The van der Waals surface area contributed by atoms with Gasteiger partial charge >= 0.3 is 0 Å². The molecule has 0 aromatic heterocycles. The van der Waals surface area contributed by atoms with E-state index in [-0.39, 0.29) is 29.8 Å². The van der Waals surface area contributed by atoms with Gasteiger partial charge in [0.1, 0.15) is 0 Å². The van der Waals surface area contributed by atoms with Crippen molar-refractivity contribution in [3.05, 3.63) is 42.5 Å². The second-order valence-electron chi connectivity index (χ2n) is 6.32. The molecule has 1 saturated heterocycles. The predicted octanol–water partition coefficient (Wildman–Crippen LogP) is 1.90. The van der Waals surface area contributed by atoms with Crippen molar-refractivity contribution in [1.29, 1.82) is 0 Å². The van der Waals surface area contributed by atoms with E-state index in [4.69, 9.17) is 0 Å². The molecule has 1 fully saturated rings. The molecule has 1 aliphatic heterocycles. The van der Waals surface area contributed by atoms with Crippen LogP contribution in [0, 0.1) is 11.3 Å². The van der Waals surface area contributed by atoms with Crippen LogP contribution >= 0.6 is 0 Å². The summed E-state index contributed by atoms with van der Waals surface area (Å²) in [4.78, 5) is 25.5. The number of nitrogens with one attached hydrogen (secondary N) is 1. The van der Waals surface area contributed by atoms with Crippen molar-refractivity contribution < 1.29 is 14.7 Å². The number of benzene rings is 1. The minimum Gasteiger partial charge on any atom is -0.396 e. The molecular formula is C17H22N2O3. The summed E-state index contributed by atoms with van der Waals surface area (Å²) in [5.74, 6) is -0.237. The summed E-state index contributed by atoms with van der Waals surface area (Å²) in [7, 11) is 0. The Morgan fingerprint density at radius 3 is 2.55 bits per heavy atom. The van der Waals surface area contributed by atoms with Crippen LogP contribution in [0.3, 0.4) is 0 Å². The van der Waals surface area contributed by atoms with E-state index in [0.29, 0.717) is 24.3 Å². The van der Waals surface area contributed by atoms with Crippen LogP contribution in [0.5, 0.6) is 0 Å². The number of hydrogen-bond donors (Lipinski definition) is 2. The molecule has 118 valence electrons. The van der Waals surface area contributed by atoms with Crippen LogP contribution in [0.2, 0.25) is 0 Å². The van der Waals surface area contributed by atoms with Crippen molar-refractivity contribution in [2.24, 2.45) is 11.3 Å². The van der Waals surface area contributed by atoms with E-state index >= 15 is 0 Å². The second kappa shape index (κ2) is 6.32. The maximum atomic E-state index is 12.5. The molecule has 0 radical (unpaired) electrons. The van der Waals surface area contributed by atoms with E-state index in [0.717, 1.165) is 0 Å². The zero-order chi connectivity index (χ0) is 16.3. The maximum absolute atomic E-state index is 12.5. The first-order valence-corrected chi connectivity index (χ1v) is 7.31. The number of hydrogen-bond acceptors (Lipinski definition) is 3. The number of amides is 2. The summed E-state index contributed by atoms with van der Waals surface area (Å²) < 4.78 is 0. The third-order valence-corrected chi connectivity index (χ3v) is 4.24. The number of carbonyl (C=O) groups is 2. The van der Waals surface area contributed by atoms with E-state index in [2.05, 4.69) is 25.7 Å². The number of anilines is 1. The first-order chi connectivity index (χ1) is 10.4. The molecule has 1 unspecified atom stereocenters. The zero-order valence-corrected chi connectivity index (χ0v) is 13.0. The molecule has 1 aromatic carbocycles. The molecule has 0 aliphatic carbocycles. The molecule has 1 aromatic rings. The van der Waals surface area contributed by atoms with Gasteiger partial charge in [-0.2, -0.15) is 0 Å². The van der Waals surface area contributed by atoms with Crippen LogP contribution < -0.4 is 5.32 Å². The Bertz CT molecular complexity index is 578. The van der Waals surface area contributed by atoms with Gasteiger partial charge in [0.15, 0.2) is 0 Å². The molecule has 2 amide bonds. The van der Waals surface area contributed by atoms with E-state index in [1.165, 1.54) is 6.08 Å². The molecule has 1 aliphatic rings. The molecule has 1 atom stereocenters. The zero-order valence-electron chi connectivity index (χ0n) is 13.0. The largest absolute Gasteiger partial charge is 0.396 e. The monoisotopic (exact) mass is 302 g/mol. The summed E-state index contributed by atoms with van der Waals surface area (Å²) in [6.45, 7) is 8.80. The molecule has 22 heavy (non-hydrogen) atoms. The van der Waals surface area contributed by atoms with Gasteiger partial charge in [-0.3, -0.25) is 9.59 Å². The molecule has 1 heterocycles. The van der Waals surface area contributed by atoms with Gasteiger partial charge in [0, 0.05) is 36.9 Å². The Morgan fingerprint density at radius 2 is 2.05 bits per heavy atom. The predicted molar refractivity (Wildman–Crippen MR) is 85.5 cm³/mol. The van der Waals surface area contributed by atoms with Crippen LogP contribution in [0.25, 0.3) is 0 Å². The van der Waals surface area contributed by atoms with Crippen LogP contribution in [0.4, 0.5) is 5.69 Å². The van der Waals surface area contributed by atoms with Gasteiger partial charge in [0.25, 0.3) is 5.91 Å².